The first-order valence-electron chi connectivity index (χ1n) is 10.4. The Labute approximate surface area is 177 Å². The molecule has 1 aliphatic carbocycles. The number of carbonyl (C=O) groups excluding carboxylic acids is 3. The average Bonchev–Trinajstić information content (AvgIpc) is 3.21. The Morgan fingerprint density at radius 3 is 2.52 bits per heavy atom. The fourth-order valence-electron chi connectivity index (χ4n) is 3.94. The molecule has 160 valence electrons. The van der Waals surface area contributed by atoms with Crippen molar-refractivity contribution in [1.29, 1.82) is 0 Å². The van der Waals surface area contributed by atoms with Crippen LogP contribution in [0, 0.1) is 0 Å². The van der Waals surface area contributed by atoms with E-state index in [0.29, 0.717) is 19.6 Å². The maximum absolute atomic E-state index is 12.7. The molecule has 0 atom stereocenters. The van der Waals surface area contributed by atoms with Gasteiger partial charge in [0, 0.05) is 17.5 Å². The molecule has 29 heavy (non-hydrogen) atoms. The van der Waals surface area contributed by atoms with Gasteiger partial charge in [-0.25, -0.2) is 0 Å². The second-order valence-corrected chi connectivity index (χ2v) is 10.3. The second-order valence-electron chi connectivity index (χ2n) is 9.18. The van der Waals surface area contributed by atoms with Crippen LogP contribution in [-0.4, -0.2) is 79.4 Å². The van der Waals surface area contributed by atoms with Gasteiger partial charge in [0.05, 0.1) is 37.6 Å². The molecule has 1 aromatic rings. The van der Waals surface area contributed by atoms with Crippen molar-refractivity contribution in [2.24, 2.45) is 0 Å². The second kappa shape index (κ2) is 8.83. The van der Waals surface area contributed by atoms with Gasteiger partial charge in [-0.3, -0.25) is 14.4 Å². The zero-order valence-electron chi connectivity index (χ0n) is 18.0. The molecule has 0 radical (unpaired) electrons. The molecular weight excluding hydrogens is 388 g/mol. The minimum atomic E-state index is -0.228. The van der Waals surface area contributed by atoms with Crippen molar-refractivity contribution < 1.29 is 19.3 Å². The number of hydrogen-bond acceptors (Lipinski definition) is 4. The third-order valence-electron chi connectivity index (χ3n) is 5.42. The summed E-state index contributed by atoms with van der Waals surface area (Å²) in [6.07, 6.45) is 3.30. The van der Waals surface area contributed by atoms with E-state index in [1.165, 1.54) is 26.7 Å². The number of aryl methyl sites for hydroxylation is 2. The molecule has 1 aromatic heterocycles. The summed E-state index contributed by atoms with van der Waals surface area (Å²) in [7, 11) is 1.70. The summed E-state index contributed by atoms with van der Waals surface area (Å²) in [4.78, 5) is 44.0. The number of rotatable bonds is 5. The summed E-state index contributed by atoms with van der Waals surface area (Å²) in [5, 5.41) is 2.99. The van der Waals surface area contributed by atoms with E-state index in [2.05, 4.69) is 5.32 Å². The number of hydrogen-bond donors (Lipinski definition) is 2. The molecule has 0 bridgehead atoms. The van der Waals surface area contributed by atoms with Gasteiger partial charge in [0.25, 0.3) is 11.8 Å². The van der Waals surface area contributed by atoms with Crippen LogP contribution in [0.4, 0.5) is 0 Å². The van der Waals surface area contributed by atoms with Gasteiger partial charge in [-0.2, -0.15) is 0 Å². The van der Waals surface area contributed by atoms with Crippen molar-refractivity contribution in [2.45, 2.75) is 45.6 Å². The summed E-state index contributed by atoms with van der Waals surface area (Å²) >= 11 is 1.57. The molecule has 8 heteroatoms. The quantitative estimate of drug-likeness (QED) is 0.700. The SMILES string of the molecule is CN(CC(=O)N1CC[NH+](CC(=O)NC(C)(C)C)CC1)C(=O)c1cc2c(s1)CCC2. The molecule has 7 nitrogen and oxygen atoms in total. The van der Waals surface area contributed by atoms with Crippen LogP contribution >= 0.6 is 11.3 Å². The highest BCUT2D eigenvalue weighted by atomic mass is 32.1. The molecule has 3 rings (SSSR count). The molecular formula is C21H33N4O3S+. The third-order valence-corrected chi connectivity index (χ3v) is 6.65. The predicted molar refractivity (Wildman–Crippen MR) is 113 cm³/mol. The van der Waals surface area contributed by atoms with E-state index in [4.69, 9.17) is 0 Å². The summed E-state index contributed by atoms with van der Waals surface area (Å²) in [6.45, 7) is 9.17. The van der Waals surface area contributed by atoms with Crippen LogP contribution in [0.15, 0.2) is 6.07 Å². The number of nitrogens with one attached hydrogen (secondary N) is 2. The molecule has 1 saturated heterocycles. The van der Waals surface area contributed by atoms with E-state index in [1.807, 2.05) is 31.7 Å². The zero-order valence-corrected chi connectivity index (χ0v) is 18.8. The van der Waals surface area contributed by atoms with E-state index in [1.54, 1.807) is 18.4 Å². The van der Waals surface area contributed by atoms with Gasteiger partial charge < -0.3 is 20.0 Å². The average molecular weight is 422 g/mol. The molecule has 1 aliphatic heterocycles. The Kier molecular flexibility index (Phi) is 6.63. The van der Waals surface area contributed by atoms with E-state index in [9.17, 15) is 14.4 Å². The normalized spacial score (nSPS) is 17.2. The first-order valence-corrected chi connectivity index (χ1v) is 11.2. The Bertz CT molecular complexity index is 754. The van der Waals surface area contributed by atoms with Crippen LogP contribution < -0.4 is 10.2 Å². The zero-order chi connectivity index (χ0) is 21.2. The van der Waals surface area contributed by atoms with Crippen LogP contribution in [0.2, 0.25) is 0 Å². The van der Waals surface area contributed by atoms with Crippen molar-refractivity contribution in [3.05, 3.63) is 21.4 Å². The van der Waals surface area contributed by atoms with Crippen LogP contribution in [0.25, 0.3) is 0 Å². The molecule has 0 aromatic carbocycles. The van der Waals surface area contributed by atoms with E-state index in [-0.39, 0.29) is 29.8 Å². The fraction of sp³-hybridized carbons (Fsp3) is 0.667. The number of quaternary nitrogens is 1. The number of fused-ring (bicyclic) bond motifs is 1. The van der Waals surface area contributed by atoms with Crippen LogP contribution in [0.5, 0.6) is 0 Å². The van der Waals surface area contributed by atoms with Crippen molar-refractivity contribution in [3.8, 4) is 0 Å². The van der Waals surface area contributed by atoms with Crippen LogP contribution in [0.1, 0.15) is 47.3 Å². The Balaban J connectivity index is 1.44. The topological polar surface area (TPSA) is 74.2 Å². The van der Waals surface area contributed by atoms with Gasteiger partial charge in [0.1, 0.15) is 0 Å². The van der Waals surface area contributed by atoms with Gasteiger partial charge in [-0.05, 0) is 51.7 Å². The number of likely N-dealkylation sites (N-methyl/N-ethyl adjacent to an activating group) is 1. The van der Waals surface area contributed by atoms with Gasteiger partial charge >= 0.3 is 0 Å². The Hall–Kier alpha value is -1.93. The number of thiophene rings is 1. The number of nitrogens with zero attached hydrogens (tertiary/aromatic N) is 2. The Morgan fingerprint density at radius 2 is 1.90 bits per heavy atom. The molecule has 2 N–H and O–H groups in total. The fourth-order valence-corrected chi connectivity index (χ4v) is 5.18. The standard InChI is InChI=1S/C21H32N4O3S/c1-21(2,3)22-18(26)13-24-8-10-25(11-9-24)19(27)14-23(4)20(28)17-12-15-6-5-7-16(15)29-17/h12H,5-11,13-14H2,1-4H3,(H,22,26)/p+1. The lowest BCUT2D eigenvalue weighted by molar-refractivity contribution is -0.896. The largest absolute Gasteiger partial charge is 0.347 e. The number of piperazine rings is 1. The maximum atomic E-state index is 12.7. The first kappa shape index (κ1) is 21.8. The third kappa shape index (κ3) is 5.79. The summed E-state index contributed by atoms with van der Waals surface area (Å²) in [5.41, 5.74) is 1.07. The molecule has 2 aliphatic rings. The molecule has 3 amide bonds. The van der Waals surface area contributed by atoms with E-state index < -0.39 is 0 Å². The predicted octanol–water partition coefficient (Wildman–Crippen LogP) is -0.0494. The van der Waals surface area contributed by atoms with Gasteiger partial charge in [0.2, 0.25) is 5.91 Å². The van der Waals surface area contributed by atoms with Gasteiger partial charge in [-0.15, -0.1) is 11.3 Å². The lowest BCUT2D eigenvalue weighted by atomic mass is 10.1. The molecule has 0 spiro atoms. The van der Waals surface area contributed by atoms with Crippen LogP contribution in [-0.2, 0) is 22.4 Å². The lowest BCUT2D eigenvalue weighted by Gasteiger charge is -2.33. The smallest absolute Gasteiger partial charge is 0.275 e. The van der Waals surface area contributed by atoms with Gasteiger partial charge in [-0.1, -0.05) is 0 Å². The minimum Gasteiger partial charge on any atom is -0.347 e. The van der Waals surface area contributed by atoms with Crippen molar-refractivity contribution in [2.75, 3.05) is 46.3 Å². The van der Waals surface area contributed by atoms with Gasteiger partial charge in [0.15, 0.2) is 6.54 Å². The number of amides is 3. The minimum absolute atomic E-state index is 0.0249. The monoisotopic (exact) mass is 421 g/mol. The molecule has 1 fully saturated rings. The highest BCUT2D eigenvalue weighted by Gasteiger charge is 2.28. The first-order chi connectivity index (χ1) is 13.6. The summed E-state index contributed by atoms with van der Waals surface area (Å²) < 4.78 is 0. The van der Waals surface area contributed by atoms with Crippen molar-refractivity contribution >= 4 is 29.1 Å². The number of carbonyl (C=O) groups is 3. The lowest BCUT2D eigenvalue weighted by Crippen LogP contribution is -3.16. The summed E-state index contributed by atoms with van der Waals surface area (Å²) in [6, 6.07) is 2.00. The Morgan fingerprint density at radius 1 is 1.21 bits per heavy atom. The van der Waals surface area contributed by atoms with Crippen LogP contribution in [0.3, 0.4) is 0 Å². The van der Waals surface area contributed by atoms with Crippen molar-refractivity contribution in [3.63, 3.8) is 0 Å². The van der Waals surface area contributed by atoms with Crippen molar-refractivity contribution in [1.82, 2.24) is 15.1 Å². The highest BCUT2D eigenvalue weighted by molar-refractivity contribution is 7.14. The highest BCUT2D eigenvalue weighted by Crippen LogP contribution is 2.31. The van der Waals surface area contributed by atoms with E-state index >= 15 is 0 Å². The van der Waals surface area contributed by atoms with E-state index in [0.717, 1.165) is 30.8 Å². The molecule has 0 saturated carbocycles. The molecule has 0 unspecified atom stereocenters. The summed E-state index contributed by atoms with van der Waals surface area (Å²) in [5.74, 6) is -0.0514. The maximum Gasteiger partial charge on any atom is 0.275 e. The molecule has 2 heterocycles.